The Bertz CT molecular complexity index is 307. The summed E-state index contributed by atoms with van der Waals surface area (Å²) in [5, 5.41) is 2.09. The van der Waals surface area contributed by atoms with E-state index in [-0.39, 0.29) is 6.42 Å². The van der Waals surface area contributed by atoms with Crippen LogP contribution in [0.15, 0.2) is 0 Å². The van der Waals surface area contributed by atoms with Crippen molar-refractivity contribution in [1.82, 2.24) is 10.2 Å². The Morgan fingerprint density at radius 2 is 1.79 bits per heavy atom. The van der Waals surface area contributed by atoms with Crippen LogP contribution in [0.2, 0.25) is 0 Å². The fourth-order valence-electron chi connectivity index (χ4n) is 1.87. The fourth-order valence-corrected chi connectivity index (χ4v) is 1.87. The van der Waals surface area contributed by atoms with E-state index in [1.807, 2.05) is 0 Å². The van der Waals surface area contributed by atoms with Crippen LogP contribution in [0.5, 0.6) is 0 Å². The number of amides is 2. The topological polar surface area (TPSA) is 41.6 Å². The lowest BCUT2D eigenvalue weighted by atomic mass is 9.88. The molecule has 0 radical (unpaired) electrons. The number of hydrogen-bond donors (Lipinski definition) is 1. The smallest absolute Gasteiger partial charge is 0.378 e. The SMILES string of the molecule is CC(C)(C)C[C@H](NC(=O)N1CCOCC1)C(F)(F)F. The number of morpholine rings is 1. The van der Waals surface area contributed by atoms with Gasteiger partial charge in [-0.25, -0.2) is 4.79 Å². The molecule has 1 aliphatic rings. The van der Waals surface area contributed by atoms with Crippen molar-refractivity contribution in [3.05, 3.63) is 0 Å². The molecule has 0 aromatic rings. The third-order valence-electron chi connectivity index (χ3n) is 2.81. The van der Waals surface area contributed by atoms with Gasteiger partial charge in [0.1, 0.15) is 6.04 Å². The Morgan fingerprint density at radius 1 is 1.26 bits per heavy atom. The van der Waals surface area contributed by atoms with Gasteiger partial charge >= 0.3 is 12.2 Å². The third kappa shape index (κ3) is 5.67. The van der Waals surface area contributed by atoms with Crippen molar-refractivity contribution in [2.45, 2.75) is 39.4 Å². The molecule has 0 aromatic heterocycles. The van der Waals surface area contributed by atoms with E-state index in [1.54, 1.807) is 20.8 Å². The van der Waals surface area contributed by atoms with Crippen molar-refractivity contribution in [2.75, 3.05) is 26.3 Å². The van der Waals surface area contributed by atoms with Gasteiger partial charge in [-0.15, -0.1) is 0 Å². The van der Waals surface area contributed by atoms with Crippen LogP contribution in [0.25, 0.3) is 0 Å². The van der Waals surface area contributed by atoms with Crippen LogP contribution in [0, 0.1) is 5.41 Å². The van der Waals surface area contributed by atoms with Crippen molar-refractivity contribution < 1.29 is 22.7 Å². The minimum atomic E-state index is -4.44. The molecule has 1 saturated heterocycles. The summed E-state index contributed by atoms with van der Waals surface area (Å²) in [6, 6.07) is -2.49. The van der Waals surface area contributed by atoms with Gasteiger partial charge in [0.25, 0.3) is 0 Å². The standard InChI is InChI=1S/C12H21F3N2O2/c1-11(2,3)8-9(12(13,14)15)16-10(18)17-4-6-19-7-5-17/h9H,4-8H2,1-3H3,(H,16,18)/t9-/m0/s1. The molecule has 0 spiro atoms. The van der Waals surface area contributed by atoms with Crippen LogP contribution in [-0.4, -0.2) is 49.5 Å². The molecule has 0 aliphatic carbocycles. The van der Waals surface area contributed by atoms with E-state index in [4.69, 9.17) is 4.74 Å². The number of nitrogens with one attached hydrogen (secondary N) is 1. The van der Waals surface area contributed by atoms with E-state index in [9.17, 15) is 18.0 Å². The molecular weight excluding hydrogens is 261 g/mol. The van der Waals surface area contributed by atoms with E-state index in [1.165, 1.54) is 4.90 Å². The predicted octanol–water partition coefficient (Wildman–Crippen LogP) is 2.40. The van der Waals surface area contributed by atoms with Crippen LogP contribution in [0.1, 0.15) is 27.2 Å². The predicted molar refractivity (Wildman–Crippen MR) is 64.8 cm³/mol. The number of alkyl halides is 3. The van der Waals surface area contributed by atoms with E-state index < -0.39 is 23.7 Å². The number of nitrogens with zero attached hydrogens (tertiary/aromatic N) is 1. The Kier molecular flexibility index (Phi) is 5.06. The number of halogens is 3. The molecule has 1 atom stereocenters. The molecule has 1 N–H and O–H groups in total. The summed E-state index contributed by atoms with van der Waals surface area (Å²) in [7, 11) is 0. The summed E-state index contributed by atoms with van der Waals surface area (Å²) in [6.07, 6.45) is -4.58. The van der Waals surface area contributed by atoms with Gasteiger partial charge < -0.3 is 15.0 Å². The molecule has 7 heteroatoms. The molecule has 0 bridgehead atoms. The van der Waals surface area contributed by atoms with Crippen LogP contribution in [0.4, 0.5) is 18.0 Å². The lowest BCUT2D eigenvalue weighted by Crippen LogP contribution is -2.54. The zero-order valence-corrected chi connectivity index (χ0v) is 11.5. The molecule has 2 amide bonds. The van der Waals surface area contributed by atoms with Gasteiger partial charge in [-0.2, -0.15) is 13.2 Å². The first-order chi connectivity index (χ1) is 8.59. The van der Waals surface area contributed by atoms with Crippen LogP contribution < -0.4 is 5.32 Å². The average Bonchev–Trinajstić information content (AvgIpc) is 2.26. The van der Waals surface area contributed by atoms with Crippen molar-refractivity contribution in [1.29, 1.82) is 0 Å². The minimum absolute atomic E-state index is 0.146. The number of carbonyl (C=O) groups excluding carboxylic acids is 1. The Labute approximate surface area is 111 Å². The average molecular weight is 282 g/mol. The van der Waals surface area contributed by atoms with Crippen molar-refractivity contribution in [2.24, 2.45) is 5.41 Å². The second kappa shape index (κ2) is 5.98. The first-order valence-electron chi connectivity index (χ1n) is 6.29. The van der Waals surface area contributed by atoms with Crippen LogP contribution >= 0.6 is 0 Å². The highest BCUT2D eigenvalue weighted by molar-refractivity contribution is 5.74. The second-order valence-electron chi connectivity index (χ2n) is 5.91. The maximum Gasteiger partial charge on any atom is 0.408 e. The quantitative estimate of drug-likeness (QED) is 0.845. The Balaban J connectivity index is 2.63. The van der Waals surface area contributed by atoms with Crippen molar-refractivity contribution in [3.8, 4) is 0 Å². The number of ether oxygens (including phenoxy) is 1. The zero-order valence-electron chi connectivity index (χ0n) is 11.5. The first-order valence-corrected chi connectivity index (χ1v) is 6.29. The summed E-state index contributed by atoms with van der Waals surface area (Å²) in [5.41, 5.74) is -0.515. The number of hydrogen-bond acceptors (Lipinski definition) is 2. The number of urea groups is 1. The van der Waals surface area contributed by atoms with Crippen molar-refractivity contribution >= 4 is 6.03 Å². The maximum absolute atomic E-state index is 12.9. The van der Waals surface area contributed by atoms with Gasteiger partial charge in [-0.3, -0.25) is 0 Å². The third-order valence-corrected chi connectivity index (χ3v) is 2.81. The molecular formula is C12H21F3N2O2. The summed E-state index contributed by atoms with van der Waals surface area (Å²) in [4.78, 5) is 13.2. The van der Waals surface area contributed by atoms with Gasteiger partial charge in [-0.05, 0) is 11.8 Å². The molecule has 0 saturated carbocycles. The monoisotopic (exact) mass is 282 g/mol. The van der Waals surface area contributed by atoms with E-state index in [2.05, 4.69) is 5.32 Å². The summed E-state index contributed by atoms with van der Waals surface area (Å²) in [6.45, 7) is 6.52. The van der Waals surface area contributed by atoms with Crippen LogP contribution in [-0.2, 0) is 4.74 Å². The minimum Gasteiger partial charge on any atom is -0.378 e. The largest absolute Gasteiger partial charge is 0.408 e. The summed E-state index contributed by atoms with van der Waals surface area (Å²) < 4.78 is 43.8. The van der Waals surface area contributed by atoms with Crippen LogP contribution in [0.3, 0.4) is 0 Å². The lowest BCUT2D eigenvalue weighted by molar-refractivity contribution is -0.159. The maximum atomic E-state index is 12.9. The van der Waals surface area contributed by atoms with Crippen molar-refractivity contribution in [3.63, 3.8) is 0 Å². The molecule has 1 heterocycles. The van der Waals surface area contributed by atoms with Gasteiger partial charge in [-0.1, -0.05) is 20.8 Å². The number of carbonyl (C=O) groups is 1. The molecule has 19 heavy (non-hydrogen) atoms. The van der Waals surface area contributed by atoms with Gasteiger partial charge in [0.15, 0.2) is 0 Å². The number of rotatable bonds is 2. The Morgan fingerprint density at radius 3 is 2.21 bits per heavy atom. The van der Waals surface area contributed by atoms with Gasteiger partial charge in [0.05, 0.1) is 13.2 Å². The molecule has 112 valence electrons. The lowest BCUT2D eigenvalue weighted by Gasteiger charge is -2.32. The molecule has 4 nitrogen and oxygen atoms in total. The molecule has 1 rings (SSSR count). The van der Waals surface area contributed by atoms with Gasteiger partial charge in [0, 0.05) is 13.1 Å². The zero-order chi connectivity index (χ0) is 14.7. The van der Waals surface area contributed by atoms with E-state index in [0.717, 1.165) is 0 Å². The normalized spacial score (nSPS) is 19.2. The summed E-state index contributed by atoms with van der Waals surface area (Å²) >= 11 is 0. The molecule has 0 aromatic carbocycles. The molecule has 1 fully saturated rings. The highest BCUT2D eigenvalue weighted by atomic mass is 19.4. The Hall–Kier alpha value is -0.980. The molecule has 0 unspecified atom stereocenters. The molecule has 1 aliphatic heterocycles. The highest BCUT2D eigenvalue weighted by Crippen LogP contribution is 2.30. The van der Waals surface area contributed by atoms with E-state index >= 15 is 0 Å². The second-order valence-corrected chi connectivity index (χ2v) is 5.91. The fraction of sp³-hybridized carbons (Fsp3) is 0.917. The van der Waals surface area contributed by atoms with E-state index in [0.29, 0.717) is 26.3 Å². The van der Waals surface area contributed by atoms with Gasteiger partial charge in [0.2, 0.25) is 0 Å². The highest BCUT2D eigenvalue weighted by Gasteiger charge is 2.43. The first kappa shape index (κ1) is 16.1. The summed E-state index contributed by atoms with van der Waals surface area (Å²) in [5.74, 6) is 0.